The standard InChI is InChI=1S/C29H20FN3O4S2/c30-22-14-16-24(17-15-22)39(36,37)33-23-13-7-12-21(18-23)28(35)32-29-31-25(19-8-3-1-4-9-19)27(38-29)26(34)20-10-5-2-6-11-20/h1-18,33H,(H,31,32,35). The van der Waals surface area contributed by atoms with Gasteiger partial charge in [0, 0.05) is 22.4 Å². The van der Waals surface area contributed by atoms with Crippen LogP contribution in [0, 0.1) is 5.82 Å². The summed E-state index contributed by atoms with van der Waals surface area (Å²) in [4.78, 5) is 31.2. The minimum atomic E-state index is -4.00. The van der Waals surface area contributed by atoms with Gasteiger partial charge in [-0.05, 0) is 42.5 Å². The van der Waals surface area contributed by atoms with Crippen molar-refractivity contribution in [2.24, 2.45) is 0 Å². The van der Waals surface area contributed by atoms with Gasteiger partial charge in [-0.1, -0.05) is 78.1 Å². The second-order valence-electron chi connectivity index (χ2n) is 8.35. The van der Waals surface area contributed by atoms with Gasteiger partial charge in [0.1, 0.15) is 10.7 Å². The van der Waals surface area contributed by atoms with Crippen molar-refractivity contribution in [3.8, 4) is 11.3 Å². The molecule has 0 aliphatic rings. The Hall–Kier alpha value is -4.67. The second kappa shape index (κ2) is 11.0. The molecule has 1 amide bonds. The van der Waals surface area contributed by atoms with Gasteiger partial charge in [0.25, 0.3) is 15.9 Å². The van der Waals surface area contributed by atoms with Crippen molar-refractivity contribution in [1.29, 1.82) is 0 Å². The van der Waals surface area contributed by atoms with Gasteiger partial charge in [-0.3, -0.25) is 19.6 Å². The highest BCUT2D eigenvalue weighted by Crippen LogP contribution is 2.33. The zero-order valence-corrected chi connectivity index (χ0v) is 21.8. The lowest BCUT2D eigenvalue weighted by Crippen LogP contribution is -2.15. The van der Waals surface area contributed by atoms with Crippen molar-refractivity contribution in [1.82, 2.24) is 4.98 Å². The van der Waals surface area contributed by atoms with Crippen LogP contribution in [-0.4, -0.2) is 25.1 Å². The van der Waals surface area contributed by atoms with E-state index in [9.17, 15) is 22.4 Å². The number of sulfonamides is 1. The molecule has 1 heterocycles. The van der Waals surface area contributed by atoms with E-state index in [1.807, 2.05) is 36.4 Å². The van der Waals surface area contributed by atoms with Crippen molar-refractivity contribution in [3.63, 3.8) is 0 Å². The fraction of sp³-hybridized carbons (Fsp3) is 0. The Kier molecular flexibility index (Phi) is 7.31. The summed E-state index contributed by atoms with van der Waals surface area (Å²) in [5.41, 5.74) is 1.99. The van der Waals surface area contributed by atoms with Crippen molar-refractivity contribution in [2.75, 3.05) is 10.0 Å². The van der Waals surface area contributed by atoms with Crippen molar-refractivity contribution >= 4 is 43.9 Å². The van der Waals surface area contributed by atoms with E-state index in [4.69, 9.17) is 0 Å². The third kappa shape index (κ3) is 5.92. The summed E-state index contributed by atoms with van der Waals surface area (Å²) in [6, 6.07) is 28.3. The summed E-state index contributed by atoms with van der Waals surface area (Å²) in [6.07, 6.45) is 0. The van der Waals surface area contributed by atoms with E-state index in [-0.39, 0.29) is 27.1 Å². The molecule has 0 atom stereocenters. The molecule has 5 rings (SSSR count). The Bertz CT molecular complexity index is 1760. The van der Waals surface area contributed by atoms with E-state index in [1.54, 1.807) is 24.3 Å². The van der Waals surface area contributed by atoms with Crippen LogP contribution in [0.3, 0.4) is 0 Å². The Balaban J connectivity index is 1.40. The van der Waals surface area contributed by atoms with Crippen LogP contribution < -0.4 is 10.0 Å². The van der Waals surface area contributed by atoms with E-state index in [0.717, 1.165) is 41.2 Å². The highest BCUT2D eigenvalue weighted by Gasteiger charge is 2.22. The SMILES string of the molecule is O=C(Nc1nc(-c2ccccc2)c(C(=O)c2ccccc2)s1)c1cccc(NS(=O)(=O)c2ccc(F)cc2)c1. The van der Waals surface area contributed by atoms with E-state index in [1.165, 1.54) is 24.3 Å². The zero-order chi connectivity index (χ0) is 27.4. The van der Waals surface area contributed by atoms with E-state index in [0.29, 0.717) is 16.1 Å². The summed E-state index contributed by atoms with van der Waals surface area (Å²) in [5, 5.41) is 2.94. The van der Waals surface area contributed by atoms with Gasteiger partial charge in [-0.15, -0.1) is 0 Å². The Morgan fingerprint density at radius 1 is 0.769 bits per heavy atom. The van der Waals surface area contributed by atoms with E-state index in [2.05, 4.69) is 15.0 Å². The molecule has 10 heteroatoms. The molecule has 0 bridgehead atoms. The average Bonchev–Trinajstić information content (AvgIpc) is 3.37. The number of thiazole rings is 1. The molecular formula is C29H20FN3O4S2. The molecule has 194 valence electrons. The van der Waals surface area contributed by atoms with E-state index < -0.39 is 21.7 Å². The minimum absolute atomic E-state index is 0.120. The summed E-state index contributed by atoms with van der Waals surface area (Å²) in [7, 11) is -4.00. The van der Waals surface area contributed by atoms with Crippen LogP contribution in [0.5, 0.6) is 0 Å². The van der Waals surface area contributed by atoms with Crippen LogP contribution in [0.15, 0.2) is 114 Å². The third-order valence-electron chi connectivity index (χ3n) is 5.64. The fourth-order valence-electron chi connectivity index (χ4n) is 3.76. The number of nitrogens with zero attached hydrogens (tertiary/aromatic N) is 1. The maximum Gasteiger partial charge on any atom is 0.261 e. The molecule has 4 aromatic carbocycles. The lowest BCUT2D eigenvalue weighted by molar-refractivity contribution is 0.102. The van der Waals surface area contributed by atoms with Crippen LogP contribution in [0.25, 0.3) is 11.3 Å². The molecule has 39 heavy (non-hydrogen) atoms. The molecule has 5 aromatic rings. The Labute approximate surface area is 228 Å². The summed E-state index contributed by atoms with van der Waals surface area (Å²) < 4.78 is 40.9. The lowest BCUT2D eigenvalue weighted by atomic mass is 10.1. The highest BCUT2D eigenvalue weighted by atomic mass is 32.2. The maximum absolute atomic E-state index is 13.3. The molecular weight excluding hydrogens is 537 g/mol. The highest BCUT2D eigenvalue weighted by molar-refractivity contribution is 7.92. The number of nitrogens with one attached hydrogen (secondary N) is 2. The molecule has 0 aliphatic carbocycles. The first-order chi connectivity index (χ1) is 18.8. The minimum Gasteiger partial charge on any atom is -0.298 e. The van der Waals surface area contributed by atoms with Crippen molar-refractivity contribution in [2.45, 2.75) is 4.90 Å². The van der Waals surface area contributed by atoms with Crippen molar-refractivity contribution in [3.05, 3.63) is 131 Å². The predicted molar refractivity (Wildman–Crippen MR) is 149 cm³/mol. The number of carbonyl (C=O) groups is 2. The van der Waals surface area contributed by atoms with Gasteiger partial charge in [-0.2, -0.15) is 0 Å². The van der Waals surface area contributed by atoms with Gasteiger partial charge in [0.15, 0.2) is 5.13 Å². The molecule has 0 saturated carbocycles. The maximum atomic E-state index is 13.3. The predicted octanol–water partition coefficient (Wildman–Crippen LogP) is 6.23. The molecule has 0 radical (unpaired) electrons. The Morgan fingerprint density at radius 2 is 1.41 bits per heavy atom. The van der Waals surface area contributed by atoms with Crippen molar-refractivity contribution < 1.29 is 22.4 Å². The van der Waals surface area contributed by atoms with Gasteiger partial charge in [0.05, 0.1) is 10.6 Å². The number of ketones is 1. The lowest BCUT2D eigenvalue weighted by Gasteiger charge is -2.09. The first-order valence-corrected chi connectivity index (χ1v) is 14.0. The number of rotatable bonds is 8. The molecule has 0 aliphatic heterocycles. The molecule has 0 unspecified atom stereocenters. The number of carbonyl (C=O) groups excluding carboxylic acids is 2. The summed E-state index contributed by atoms with van der Waals surface area (Å²) in [5.74, 6) is -1.31. The first-order valence-electron chi connectivity index (χ1n) is 11.7. The molecule has 7 nitrogen and oxygen atoms in total. The number of aromatic nitrogens is 1. The fourth-order valence-corrected chi connectivity index (χ4v) is 5.76. The number of anilines is 2. The average molecular weight is 558 g/mol. The van der Waals surface area contributed by atoms with Crippen LogP contribution in [0.1, 0.15) is 25.6 Å². The molecule has 0 saturated heterocycles. The Morgan fingerprint density at radius 3 is 2.10 bits per heavy atom. The normalized spacial score (nSPS) is 11.1. The van der Waals surface area contributed by atoms with Crippen LogP contribution >= 0.6 is 11.3 Å². The molecule has 0 spiro atoms. The van der Waals surface area contributed by atoms with Gasteiger partial charge >= 0.3 is 0 Å². The smallest absolute Gasteiger partial charge is 0.261 e. The second-order valence-corrected chi connectivity index (χ2v) is 11.0. The number of hydrogen-bond donors (Lipinski definition) is 2. The molecule has 2 N–H and O–H groups in total. The van der Waals surface area contributed by atoms with Gasteiger partial charge < -0.3 is 0 Å². The van der Waals surface area contributed by atoms with Crippen LogP contribution in [0.2, 0.25) is 0 Å². The van der Waals surface area contributed by atoms with Crippen LogP contribution in [-0.2, 0) is 10.0 Å². The van der Waals surface area contributed by atoms with Gasteiger partial charge in [-0.25, -0.2) is 17.8 Å². The van der Waals surface area contributed by atoms with E-state index >= 15 is 0 Å². The number of hydrogen-bond acceptors (Lipinski definition) is 6. The quantitative estimate of drug-likeness (QED) is 0.220. The van der Waals surface area contributed by atoms with Gasteiger partial charge in [0.2, 0.25) is 5.78 Å². The molecule has 0 fully saturated rings. The number of amides is 1. The van der Waals surface area contributed by atoms with Crippen LogP contribution in [0.4, 0.5) is 15.2 Å². The topological polar surface area (TPSA) is 105 Å². The largest absolute Gasteiger partial charge is 0.298 e. The number of halogens is 1. The number of benzene rings is 4. The third-order valence-corrected chi connectivity index (χ3v) is 8.00. The summed E-state index contributed by atoms with van der Waals surface area (Å²) in [6.45, 7) is 0. The zero-order valence-electron chi connectivity index (χ0n) is 20.2. The summed E-state index contributed by atoms with van der Waals surface area (Å²) >= 11 is 1.06. The first kappa shape index (κ1) is 26.0. The monoisotopic (exact) mass is 557 g/mol. The molecule has 1 aromatic heterocycles.